The number of nitriles is 1. The lowest BCUT2D eigenvalue weighted by Crippen LogP contribution is -2.16. The van der Waals surface area contributed by atoms with Gasteiger partial charge in [-0.25, -0.2) is 4.98 Å². The number of hydrogen-bond acceptors (Lipinski definition) is 8. The van der Waals surface area contributed by atoms with Crippen LogP contribution in [-0.4, -0.2) is 27.6 Å². The number of hydrogen-bond donors (Lipinski definition) is 1. The van der Waals surface area contributed by atoms with E-state index in [1.807, 2.05) is 6.92 Å². The second-order valence-electron chi connectivity index (χ2n) is 6.26. The lowest BCUT2D eigenvalue weighted by molar-refractivity contribution is -0.114. The van der Waals surface area contributed by atoms with Crippen LogP contribution >= 0.6 is 11.3 Å². The number of primary amides is 1. The SMILES string of the molecule is CCCc1nn2c(=O)cc(COc3ccc(C=C(C#N)C(N)=O)cc3OC)nc2s1. The summed E-state index contributed by atoms with van der Waals surface area (Å²) in [5, 5.41) is 14.1. The van der Waals surface area contributed by atoms with Gasteiger partial charge in [0.15, 0.2) is 11.5 Å². The van der Waals surface area contributed by atoms with Gasteiger partial charge in [-0.15, -0.1) is 0 Å². The minimum Gasteiger partial charge on any atom is -0.493 e. The van der Waals surface area contributed by atoms with Crippen molar-refractivity contribution in [3.8, 4) is 17.6 Å². The lowest BCUT2D eigenvalue weighted by Gasteiger charge is -2.11. The maximum atomic E-state index is 12.3. The van der Waals surface area contributed by atoms with E-state index in [0.29, 0.717) is 27.7 Å². The average molecular weight is 425 g/mol. The molecule has 0 aliphatic heterocycles. The Balaban J connectivity index is 1.82. The van der Waals surface area contributed by atoms with Crippen molar-refractivity contribution in [2.24, 2.45) is 5.73 Å². The summed E-state index contributed by atoms with van der Waals surface area (Å²) in [6, 6.07) is 8.04. The number of amides is 1. The number of rotatable bonds is 8. The van der Waals surface area contributed by atoms with Gasteiger partial charge in [0, 0.05) is 12.5 Å². The fourth-order valence-corrected chi connectivity index (χ4v) is 3.67. The molecule has 9 nitrogen and oxygen atoms in total. The third-order valence-corrected chi connectivity index (χ3v) is 5.03. The standard InChI is InChI=1S/C20H19N5O4S/c1-3-4-17-24-25-18(26)9-14(23-20(25)30-17)11-29-15-6-5-12(8-16(15)28-2)7-13(10-21)19(22)27/h5-9H,3-4,11H2,1-2H3,(H2,22,27). The molecule has 1 aromatic carbocycles. The van der Waals surface area contributed by atoms with E-state index in [9.17, 15) is 9.59 Å². The Kier molecular flexibility index (Phi) is 6.44. The number of ether oxygens (including phenoxy) is 2. The first-order chi connectivity index (χ1) is 14.4. The number of benzene rings is 1. The average Bonchev–Trinajstić information content (AvgIpc) is 3.14. The van der Waals surface area contributed by atoms with Crippen LogP contribution in [0.2, 0.25) is 0 Å². The van der Waals surface area contributed by atoms with E-state index >= 15 is 0 Å². The van der Waals surface area contributed by atoms with Gasteiger partial charge in [0.05, 0.1) is 12.8 Å². The molecule has 154 valence electrons. The molecule has 2 aromatic heterocycles. The molecular formula is C20H19N5O4S. The maximum Gasteiger partial charge on any atom is 0.275 e. The van der Waals surface area contributed by atoms with Gasteiger partial charge in [-0.1, -0.05) is 24.3 Å². The minimum atomic E-state index is -0.810. The number of carbonyl (C=O) groups excluding carboxylic acids is 1. The number of methoxy groups -OCH3 is 1. The Morgan fingerprint density at radius 1 is 1.37 bits per heavy atom. The lowest BCUT2D eigenvalue weighted by atomic mass is 10.1. The molecule has 0 fully saturated rings. The van der Waals surface area contributed by atoms with Crippen LogP contribution in [0.3, 0.4) is 0 Å². The number of carbonyl (C=O) groups is 1. The van der Waals surface area contributed by atoms with E-state index in [4.69, 9.17) is 20.5 Å². The molecule has 1 amide bonds. The quantitative estimate of drug-likeness (QED) is 0.431. The molecule has 0 saturated heterocycles. The van der Waals surface area contributed by atoms with Crippen LogP contribution in [0.15, 0.2) is 34.6 Å². The van der Waals surface area contributed by atoms with E-state index in [1.165, 1.54) is 35.1 Å². The first-order valence-electron chi connectivity index (χ1n) is 9.06. The monoisotopic (exact) mass is 425 g/mol. The molecule has 0 spiro atoms. The van der Waals surface area contributed by atoms with Crippen LogP contribution in [-0.2, 0) is 17.8 Å². The second kappa shape index (κ2) is 9.19. The highest BCUT2D eigenvalue weighted by Crippen LogP contribution is 2.29. The van der Waals surface area contributed by atoms with Gasteiger partial charge in [-0.2, -0.15) is 14.9 Å². The van der Waals surface area contributed by atoms with Gasteiger partial charge in [0.2, 0.25) is 4.96 Å². The first-order valence-corrected chi connectivity index (χ1v) is 9.88. The third kappa shape index (κ3) is 4.64. The molecule has 3 rings (SSSR count). The molecule has 0 atom stereocenters. The van der Waals surface area contributed by atoms with Crippen LogP contribution in [0.25, 0.3) is 11.0 Å². The highest BCUT2D eigenvalue weighted by molar-refractivity contribution is 7.16. The van der Waals surface area contributed by atoms with Crippen molar-refractivity contribution in [3.05, 3.63) is 56.5 Å². The highest BCUT2D eigenvalue weighted by atomic mass is 32.1. The predicted octanol–water partition coefficient (Wildman–Crippen LogP) is 2.08. The normalized spacial score (nSPS) is 11.3. The Labute approximate surface area is 176 Å². The van der Waals surface area contributed by atoms with Crippen molar-refractivity contribution >= 4 is 28.3 Å². The molecule has 3 aromatic rings. The van der Waals surface area contributed by atoms with E-state index < -0.39 is 5.91 Å². The fourth-order valence-electron chi connectivity index (χ4n) is 2.65. The highest BCUT2D eigenvalue weighted by Gasteiger charge is 2.11. The number of nitrogens with two attached hydrogens (primary N) is 1. The van der Waals surface area contributed by atoms with Crippen molar-refractivity contribution < 1.29 is 14.3 Å². The van der Waals surface area contributed by atoms with Crippen LogP contribution in [0.1, 0.15) is 29.6 Å². The number of fused-ring (bicyclic) bond motifs is 1. The van der Waals surface area contributed by atoms with Crippen LogP contribution in [0, 0.1) is 11.3 Å². The fraction of sp³-hybridized carbons (Fsp3) is 0.250. The van der Waals surface area contributed by atoms with Crippen LogP contribution in [0.4, 0.5) is 0 Å². The van der Waals surface area contributed by atoms with Crippen LogP contribution in [0.5, 0.6) is 11.5 Å². The zero-order valence-corrected chi connectivity index (χ0v) is 17.2. The largest absolute Gasteiger partial charge is 0.493 e. The maximum absolute atomic E-state index is 12.3. The van der Waals surface area contributed by atoms with Crippen molar-refractivity contribution in [1.29, 1.82) is 5.26 Å². The van der Waals surface area contributed by atoms with Gasteiger partial charge >= 0.3 is 0 Å². The smallest absolute Gasteiger partial charge is 0.275 e. The van der Waals surface area contributed by atoms with E-state index in [1.54, 1.807) is 24.3 Å². The zero-order chi connectivity index (χ0) is 21.7. The number of nitrogens with zero attached hydrogens (tertiary/aromatic N) is 4. The molecule has 0 radical (unpaired) electrons. The Morgan fingerprint density at radius 3 is 2.83 bits per heavy atom. The molecule has 0 aliphatic carbocycles. The summed E-state index contributed by atoms with van der Waals surface area (Å²) >= 11 is 1.38. The van der Waals surface area contributed by atoms with E-state index in [-0.39, 0.29) is 17.7 Å². The van der Waals surface area contributed by atoms with Gasteiger partial charge in [0.25, 0.3) is 11.5 Å². The second-order valence-corrected chi connectivity index (χ2v) is 7.30. The van der Waals surface area contributed by atoms with Crippen molar-refractivity contribution in [2.45, 2.75) is 26.4 Å². The molecular weight excluding hydrogens is 406 g/mol. The summed E-state index contributed by atoms with van der Waals surface area (Å²) < 4.78 is 12.4. The van der Waals surface area contributed by atoms with Gasteiger partial charge in [-0.3, -0.25) is 9.59 Å². The summed E-state index contributed by atoms with van der Waals surface area (Å²) in [7, 11) is 1.47. The Hall–Kier alpha value is -3.71. The molecule has 2 heterocycles. The van der Waals surface area contributed by atoms with Crippen LogP contribution < -0.4 is 20.8 Å². The summed E-state index contributed by atoms with van der Waals surface area (Å²) in [6.45, 7) is 2.11. The zero-order valence-electron chi connectivity index (χ0n) is 16.4. The summed E-state index contributed by atoms with van der Waals surface area (Å²) in [5.74, 6) is 0.00579. The molecule has 10 heteroatoms. The van der Waals surface area contributed by atoms with Crippen molar-refractivity contribution in [2.75, 3.05) is 7.11 Å². The van der Waals surface area contributed by atoms with Gasteiger partial charge in [-0.05, 0) is 30.2 Å². The topological polar surface area (TPSA) is 133 Å². The van der Waals surface area contributed by atoms with Crippen molar-refractivity contribution in [3.63, 3.8) is 0 Å². The molecule has 0 aliphatic rings. The summed E-state index contributed by atoms with van der Waals surface area (Å²) in [5.41, 5.74) is 5.75. The van der Waals surface area contributed by atoms with Gasteiger partial charge < -0.3 is 15.2 Å². The van der Waals surface area contributed by atoms with E-state index in [0.717, 1.165) is 17.8 Å². The summed E-state index contributed by atoms with van der Waals surface area (Å²) in [6.07, 6.45) is 3.09. The van der Waals surface area contributed by atoms with Crippen molar-refractivity contribution in [1.82, 2.24) is 14.6 Å². The third-order valence-electron chi connectivity index (χ3n) is 4.06. The predicted molar refractivity (Wildman–Crippen MR) is 111 cm³/mol. The molecule has 0 unspecified atom stereocenters. The molecule has 0 bridgehead atoms. The number of aromatic nitrogens is 3. The Bertz CT molecular complexity index is 1220. The first kappa shape index (κ1) is 21.0. The molecule has 30 heavy (non-hydrogen) atoms. The Morgan fingerprint density at radius 2 is 2.17 bits per heavy atom. The number of aryl methyl sites for hydroxylation is 1. The van der Waals surface area contributed by atoms with E-state index in [2.05, 4.69) is 10.1 Å². The van der Waals surface area contributed by atoms with Gasteiger partial charge in [0.1, 0.15) is 23.3 Å². The summed E-state index contributed by atoms with van der Waals surface area (Å²) in [4.78, 5) is 28.5. The molecule has 2 N–H and O–H groups in total. The molecule has 0 saturated carbocycles. The minimum absolute atomic E-state index is 0.0586.